The van der Waals surface area contributed by atoms with Gasteiger partial charge in [0, 0.05) is 42.4 Å². The Morgan fingerprint density at radius 1 is 0.353 bits per heavy atom. The molecule has 8 aromatic carbocycles. The van der Waals surface area contributed by atoms with Gasteiger partial charge in [-0.3, -0.25) is 0 Å². The van der Waals surface area contributed by atoms with E-state index in [4.69, 9.17) is 15.0 Å². The molecular weight excluding hydrogens is 639 g/mol. The number of thiophene rings is 1. The van der Waals surface area contributed by atoms with Gasteiger partial charge in [-0.2, -0.15) is 0 Å². The van der Waals surface area contributed by atoms with E-state index in [1.165, 1.54) is 69.5 Å². The molecule has 0 fully saturated rings. The molecule has 11 rings (SSSR count). The van der Waals surface area contributed by atoms with E-state index in [-0.39, 0.29) is 0 Å². The second-order valence-corrected chi connectivity index (χ2v) is 14.2. The topological polar surface area (TPSA) is 38.7 Å². The summed E-state index contributed by atoms with van der Waals surface area (Å²) >= 11 is 1.86. The van der Waals surface area contributed by atoms with Crippen LogP contribution in [0.2, 0.25) is 0 Å². The molecule has 1 aliphatic rings. The highest BCUT2D eigenvalue weighted by atomic mass is 32.1. The molecule has 0 spiro atoms. The maximum absolute atomic E-state index is 5.29. The predicted octanol–water partition coefficient (Wildman–Crippen LogP) is 12.9. The van der Waals surface area contributed by atoms with E-state index in [2.05, 4.69) is 146 Å². The minimum atomic E-state index is 0.655. The molecule has 0 radical (unpaired) electrons. The Morgan fingerprint density at radius 2 is 0.941 bits per heavy atom. The lowest BCUT2D eigenvalue weighted by atomic mass is 9.95. The Balaban J connectivity index is 1.16. The summed E-state index contributed by atoms with van der Waals surface area (Å²) in [6.07, 6.45) is 0. The summed E-state index contributed by atoms with van der Waals surface area (Å²) in [6.45, 7) is 0. The lowest BCUT2D eigenvalue weighted by Gasteiger charge is -2.13. The average molecular weight is 666 g/mol. The van der Waals surface area contributed by atoms with Crippen LogP contribution >= 0.6 is 11.3 Å². The third-order valence-electron chi connectivity index (χ3n) is 10.3. The summed E-state index contributed by atoms with van der Waals surface area (Å²) in [4.78, 5) is 15.6. The summed E-state index contributed by atoms with van der Waals surface area (Å²) in [5.74, 6) is 1.99. The van der Waals surface area contributed by atoms with Crippen LogP contribution in [0.15, 0.2) is 164 Å². The molecule has 2 aromatic heterocycles. The molecule has 236 valence electrons. The molecule has 0 atom stereocenters. The Bertz CT molecular complexity index is 3010. The fraction of sp³-hybridized carbons (Fsp3) is 0. The van der Waals surface area contributed by atoms with Crippen molar-refractivity contribution in [3.63, 3.8) is 0 Å². The number of fused-ring (bicyclic) bond motifs is 8. The zero-order valence-corrected chi connectivity index (χ0v) is 28.2. The van der Waals surface area contributed by atoms with Crippen LogP contribution in [0.3, 0.4) is 0 Å². The van der Waals surface area contributed by atoms with Gasteiger partial charge in [-0.15, -0.1) is 11.3 Å². The summed E-state index contributed by atoms with van der Waals surface area (Å²) in [5.41, 5.74) is 10.4. The van der Waals surface area contributed by atoms with Crippen LogP contribution in [0, 0.1) is 0 Å². The third-order valence-corrected chi connectivity index (χ3v) is 11.5. The number of rotatable bonds is 4. The van der Waals surface area contributed by atoms with E-state index in [1.807, 2.05) is 29.5 Å². The van der Waals surface area contributed by atoms with Crippen molar-refractivity contribution < 1.29 is 0 Å². The minimum absolute atomic E-state index is 0.655. The highest BCUT2D eigenvalue weighted by Crippen LogP contribution is 2.55. The molecule has 2 heterocycles. The maximum atomic E-state index is 5.29. The third kappa shape index (κ3) is 4.33. The molecule has 0 aliphatic heterocycles. The van der Waals surface area contributed by atoms with Gasteiger partial charge in [0.2, 0.25) is 0 Å². The Kier molecular flexibility index (Phi) is 6.12. The van der Waals surface area contributed by atoms with E-state index in [9.17, 15) is 0 Å². The minimum Gasteiger partial charge on any atom is -0.208 e. The maximum Gasteiger partial charge on any atom is 0.164 e. The number of nitrogens with zero attached hydrogens (tertiary/aromatic N) is 3. The largest absolute Gasteiger partial charge is 0.208 e. The number of hydrogen-bond acceptors (Lipinski definition) is 4. The zero-order chi connectivity index (χ0) is 33.5. The van der Waals surface area contributed by atoms with Gasteiger partial charge in [0.1, 0.15) is 0 Å². The zero-order valence-electron chi connectivity index (χ0n) is 27.3. The highest BCUT2D eigenvalue weighted by Gasteiger charge is 2.28. The molecule has 51 heavy (non-hydrogen) atoms. The highest BCUT2D eigenvalue weighted by molar-refractivity contribution is 7.26. The van der Waals surface area contributed by atoms with Crippen molar-refractivity contribution in [2.45, 2.75) is 0 Å². The first-order valence-electron chi connectivity index (χ1n) is 17.2. The second kappa shape index (κ2) is 11.0. The van der Waals surface area contributed by atoms with Gasteiger partial charge in [-0.25, -0.2) is 15.0 Å². The van der Waals surface area contributed by atoms with Crippen LogP contribution in [0.5, 0.6) is 0 Å². The number of hydrogen-bond donors (Lipinski definition) is 0. The molecule has 4 heteroatoms. The van der Waals surface area contributed by atoms with Gasteiger partial charge in [-0.1, -0.05) is 152 Å². The summed E-state index contributed by atoms with van der Waals surface area (Å²) < 4.78 is 2.53. The van der Waals surface area contributed by atoms with E-state index in [1.54, 1.807) is 0 Å². The Morgan fingerprint density at radius 3 is 1.75 bits per heavy atom. The first kappa shape index (κ1) is 28.4. The number of aromatic nitrogens is 3. The van der Waals surface area contributed by atoms with Gasteiger partial charge in [0.15, 0.2) is 17.5 Å². The lowest BCUT2D eigenvalue weighted by Crippen LogP contribution is -2.01. The molecule has 0 amide bonds. The monoisotopic (exact) mass is 665 g/mol. The van der Waals surface area contributed by atoms with Crippen molar-refractivity contribution >= 4 is 53.1 Å². The van der Waals surface area contributed by atoms with Crippen LogP contribution in [0.25, 0.3) is 109 Å². The predicted molar refractivity (Wildman–Crippen MR) is 214 cm³/mol. The molecule has 3 nitrogen and oxygen atoms in total. The molecule has 0 saturated carbocycles. The molecule has 0 unspecified atom stereocenters. The molecule has 10 aromatic rings. The standard InChI is InChI=1S/C47H27N3S/c1-2-12-31(13-3-1)45-48-46(32-25-23-29(24-26-32)34-19-8-14-28-11-4-5-17-33(28)34)50-47(49-45)39-27-38-35-20-9-15-30-16-10-21-37(41(30)35)43(38)44-42(39)36-18-6-7-22-40(36)51-44/h1-27H. The fourth-order valence-electron chi connectivity index (χ4n) is 7.95. The van der Waals surface area contributed by atoms with Crippen molar-refractivity contribution in [2.75, 3.05) is 0 Å². The van der Waals surface area contributed by atoms with Crippen LogP contribution in [0.1, 0.15) is 0 Å². The van der Waals surface area contributed by atoms with Gasteiger partial charge in [0.25, 0.3) is 0 Å². The first-order valence-corrected chi connectivity index (χ1v) is 18.0. The van der Waals surface area contributed by atoms with E-state index < -0.39 is 0 Å². The summed E-state index contributed by atoms with van der Waals surface area (Å²) in [5, 5.41) is 7.47. The van der Waals surface area contributed by atoms with Crippen molar-refractivity contribution in [2.24, 2.45) is 0 Å². The lowest BCUT2D eigenvalue weighted by molar-refractivity contribution is 1.08. The van der Waals surface area contributed by atoms with E-state index in [0.717, 1.165) is 22.3 Å². The van der Waals surface area contributed by atoms with Crippen molar-refractivity contribution in [3.8, 4) is 67.5 Å². The average Bonchev–Trinajstić information content (AvgIpc) is 3.75. The SMILES string of the molecule is c1ccc(-c2nc(-c3ccc(-c4cccc5ccccc45)cc3)nc(-c3cc4c(c5sc6ccccc6c35)-c3cccc5cccc-4c35)n2)cc1. The van der Waals surface area contributed by atoms with Crippen molar-refractivity contribution in [1.82, 2.24) is 15.0 Å². The molecule has 0 N–H and O–H groups in total. The van der Waals surface area contributed by atoms with E-state index in [0.29, 0.717) is 17.5 Å². The van der Waals surface area contributed by atoms with Crippen molar-refractivity contribution in [3.05, 3.63) is 164 Å². The Labute approximate surface area is 298 Å². The normalized spacial score (nSPS) is 11.9. The first-order chi connectivity index (χ1) is 25.3. The van der Waals surface area contributed by atoms with Gasteiger partial charge in [0.05, 0.1) is 0 Å². The van der Waals surface area contributed by atoms with Gasteiger partial charge >= 0.3 is 0 Å². The van der Waals surface area contributed by atoms with Crippen LogP contribution < -0.4 is 0 Å². The second-order valence-electron chi connectivity index (χ2n) is 13.1. The molecule has 0 saturated heterocycles. The Hall–Kier alpha value is -6.49. The van der Waals surface area contributed by atoms with Crippen LogP contribution in [-0.4, -0.2) is 15.0 Å². The van der Waals surface area contributed by atoms with Gasteiger partial charge in [-0.05, 0) is 61.5 Å². The smallest absolute Gasteiger partial charge is 0.164 e. The van der Waals surface area contributed by atoms with Crippen LogP contribution in [-0.2, 0) is 0 Å². The quantitative estimate of drug-likeness (QED) is 0.188. The summed E-state index contributed by atoms with van der Waals surface area (Å²) in [6, 6.07) is 58.3. The fourth-order valence-corrected chi connectivity index (χ4v) is 9.24. The van der Waals surface area contributed by atoms with Gasteiger partial charge < -0.3 is 0 Å². The molecular formula is C47H27N3S. The number of benzene rings is 8. The van der Waals surface area contributed by atoms with Crippen LogP contribution in [0.4, 0.5) is 0 Å². The molecule has 0 bridgehead atoms. The summed E-state index contributed by atoms with van der Waals surface area (Å²) in [7, 11) is 0. The molecule has 1 aliphatic carbocycles. The van der Waals surface area contributed by atoms with Crippen molar-refractivity contribution in [1.29, 1.82) is 0 Å². The van der Waals surface area contributed by atoms with E-state index >= 15 is 0 Å².